The molecule has 0 saturated heterocycles. The van der Waals surface area contributed by atoms with Crippen LogP contribution in [-0.2, 0) is 13.6 Å². The van der Waals surface area contributed by atoms with Gasteiger partial charge in [0.1, 0.15) is 0 Å². The van der Waals surface area contributed by atoms with Crippen molar-refractivity contribution in [1.82, 2.24) is 0 Å². The monoisotopic (exact) mass is 465 g/mol. The first-order chi connectivity index (χ1) is 12.7. The largest absolute Gasteiger partial charge is 0.403 e. The van der Waals surface area contributed by atoms with Crippen molar-refractivity contribution in [2.45, 2.75) is 118 Å². The Morgan fingerprint density at radius 2 is 0.828 bits per heavy atom. The lowest BCUT2D eigenvalue weighted by molar-refractivity contribution is 0.0543. The molecule has 0 aromatic carbocycles. The van der Waals surface area contributed by atoms with Crippen LogP contribution in [0, 0.1) is 23.7 Å². The van der Waals surface area contributed by atoms with Crippen LogP contribution in [0.25, 0.3) is 0 Å². The van der Waals surface area contributed by atoms with Crippen LogP contribution in [0.5, 0.6) is 0 Å². The van der Waals surface area contributed by atoms with E-state index in [0.29, 0.717) is 22.9 Å². The van der Waals surface area contributed by atoms with Gasteiger partial charge in [-0.1, -0.05) is 94.7 Å². The summed E-state index contributed by atoms with van der Waals surface area (Å²) < 4.78 is 26.0. The van der Waals surface area contributed by atoms with Gasteiger partial charge in [-0.2, -0.15) is 0 Å². The summed E-state index contributed by atoms with van der Waals surface area (Å²) >= 11 is 0. The minimum atomic E-state index is -3.69. The molecule has 4 unspecified atom stereocenters. The first kappa shape index (κ1) is 29.5. The van der Waals surface area contributed by atoms with E-state index in [1.807, 2.05) is 0 Å². The molecule has 0 aromatic rings. The molecule has 4 nitrogen and oxygen atoms in total. The van der Waals surface area contributed by atoms with E-state index in [0.717, 1.165) is 0 Å². The third-order valence-electron chi connectivity index (χ3n) is 6.00. The Balaban J connectivity index is 5.91. The van der Waals surface area contributed by atoms with Crippen LogP contribution in [0.2, 0.25) is 50.4 Å². The van der Waals surface area contributed by atoms with Crippen molar-refractivity contribution >= 4 is 23.9 Å². The minimum Gasteiger partial charge on any atom is -0.293 e. The van der Waals surface area contributed by atoms with Crippen LogP contribution in [0.15, 0.2) is 0 Å². The summed E-state index contributed by atoms with van der Waals surface area (Å²) in [6.07, 6.45) is -0.315. The summed E-state index contributed by atoms with van der Waals surface area (Å²) in [5.41, 5.74) is 7.02. The molecule has 0 aliphatic carbocycles. The first-order valence-electron chi connectivity index (χ1n) is 11.5. The Kier molecular flexibility index (Phi) is 11.1. The van der Waals surface area contributed by atoms with Gasteiger partial charge in [-0.25, -0.2) is 10.1 Å². The van der Waals surface area contributed by atoms with E-state index in [-0.39, 0.29) is 24.0 Å². The second-order valence-electron chi connectivity index (χ2n) is 12.4. The fourth-order valence-corrected chi connectivity index (χ4v) is 13.9. The molecule has 7 heteroatoms. The normalized spacial score (nSPS) is 20.2. The summed E-state index contributed by atoms with van der Waals surface area (Å²) in [4.78, 5) is 0. The van der Waals surface area contributed by atoms with Crippen LogP contribution in [0.1, 0.15) is 55.4 Å². The fourth-order valence-electron chi connectivity index (χ4n) is 5.31. The molecule has 4 atom stereocenters. The molecule has 0 aromatic heterocycles. The van der Waals surface area contributed by atoms with E-state index in [1.165, 1.54) is 0 Å². The molecule has 0 spiro atoms. The van der Waals surface area contributed by atoms with Gasteiger partial charge in [0, 0.05) is 0 Å². The highest BCUT2D eigenvalue weighted by molar-refractivity contribution is 7.51. The summed E-state index contributed by atoms with van der Waals surface area (Å²) in [6, 6.07) is 0. The number of nitrogens with two attached hydrogens (primary N) is 1. The van der Waals surface area contributed by atoms with Crippen LogP contribution in [0.4, 0.5) is 0 Å². The lowest BCUT2D eigenvalue weighted by Gasteiger charge is -2.43. The maximum atomic E-state index is 13.5. The van der Waals surface area contributed by atoms with Crippen molar-refractivity contribution in [3.63, 3.8) is 0 Å². The van der Waals surface area contributed by atoms with Gasteiger partial charge in [-0.05, 0) is 34.8 Å². The van der Waals surface area contributed by atoms with Gasteiger partial charge < -0.3 is 0 Å². The highest BCUT2D eigenvalue weighted by atomic mass is 31.2. The van der Waals surface area contributed by atoms with Crippen LogP contribution in [-0.4, -0.2) is 28.4 Å². The molecule has 0 radical (unpaired) electrons. The van der Waals surface area contributed by atoms with Gasteiger partial charge in [0.2, 0.25) is 0 Å². The molecule has 176 valence electrons. The zero-order valence-electron chi connectivity index (χ0n) is 21.9. The average molecular weight is 466 g/mol. The van der Waals surface area contributed by atoms with Crippen LogP contribution >= 0.6 is 7.75 Å². The Labute approximate surface area is 184 Å². The molecule has 0 heterocycles. The Hall–Kier alpha value is 0.544. The number of hydrogen-bond donors (Lipinski definition) is 1. The van der Waals surface area contributed by atoms with E-state index in [9.17, 15) is 4.57 Å². The summed E-state index contributed by atoms with van der Waals surface area (Å²) in [5.74, 6) is 1.34. The predicted molar refractivity (Wildman–Crippen MR) is 135 cm³/mol. The molecule has 0 bridgehead atoms. The van der Waals surface area contributed by atoms with E-state index in [1.54, 1.807) is 0 Å². The third-order valence-corrected chi connectivity index (χ3v) is 13.1. The highest BCUT2D eigenvalue weighted by Gasteiger charge is 2.45. The molecule has 0 aliphatic rings. The van der Waals surface area contributed by atoms with Gasteiger partial charge in [0.05, 0.1) is 28.4 Å². The fraction of sp³-hybridized carbons (Fsp3) is 1.00. The molecule has 0 aliphatic heterocycles. The molecule has 0 saturated carbocycles. The summed E-state index contributed by atoms with van der Waals surface area (Å²) in [7, 11) is -6.81. The van der Waals surface area contributed by atoms with Crippen molar-refractivity contribution in [2.75, 3.05) is 0 Å². The zero-order chi connectivity index (χ0) is 23.5. The quantitative estimate of drug-likeness (QED) is 0.235. The lowest BCUT2D eigenvalue weighted by atomic mass is 9.96. The molecule has 0 fully saturated rings. The highest BCUT2D eigenvalue weighted by Crippen LogP contribution is 2.52. The molecular weight excluding hydrogens is 413 g/mol. The van der Waals surface area contributed by atoms with Gasteiger partial charge in [-0.15, -0.1) is 0 Å². The Morgan fingerprint density at radius 3 is 0.966 bits per heavy atom. The standard InChI is InChI=1S/C22H52NO3PSi2/c1-15(2)19(21(17(5)6)28(9,10)11)25-27(23,24)26-20(16(3)4)22(18(7)8)29(12,13)14/h15-22H,1-14H3,(H2,23,24). The second kappa shape index (κ2) is 10.9. The van der Waals surface area contributed by atoms with Gasteiger partial charge >= 0.3 is 7.75 Å². The molecular formula is C22H52NO3PSi2. The van der Waals surface area contributed by atoms with Gasteiger partial charge in [0.25, 0.3) is 0 Å². The predicted octanol–water partition coefficient (Wildman–Crippen LogP) is 7.86. The summed E-state index contributed by atoms with van der Waals surface area (Å²) in [5, 5.41) is 0. The third kappa shape index (κ3) is 9.28. The van der Waals surface area contributed by atoms with Crippen molar-refractivity contribution in [2.24, 2.45) is 29.2 Å². The van der Waals surface area contributed by atoms with Gasteiger partial charge in [0.15, 0.2) is 0 Å². The Bertz CT molecular complexity index is 495. The molecule has 0 amide bonds. The average Bonchev–Trinajstić information content (AvgIpc) is 2.41. The van der Waals surface area contributed by atoms with Gasteiger partial charge in [-0.3, -0.25) is 9.05 Å². The SMILES string of the molecule is CC(C)C(OP(N)(=O)OC(C(C)C)C(C(C)C)[Si](C)(C)C)C(C(C)C)[Si](C)(C)C. The van der Waals surface area contributed by atoms with E-state index in [4.69, 9.17) is 14.6 Å². The number of hydrogen-bond acceptors (Lipinski definition) is 3. The molecule has 29 heavy (non-hydrogen) atoms. The topological polar surface area (TPSA) is 61.5 Å². The first-order valence-corrected chi connectivity index (χ1v) is 20.2. The van der Waals surface area contributed by atoms with Crippen molar-refractivity contribution in [1.29, 1.82) is 0 Å². The number of rotatable bonds is 12. The van der Waals surface area contributed by atoms with E-state index in [2.05, 4.69) is 94.7 Å². The van der Waals surface area contributed by atoms with Crippen LogP contribution < -0.4 is 5.50 Å². The molecule has 2 N–H and O–H groups in total. The minimum absolute atomic E-state index is 0.158. The van der Waals surface area contributed by atoms with E-state index < -0.39 is 23.9 Å². The Morgan fingerprint density at radius 1 is 0.586 bits per heavy atom. The smallest absolute Gasteiger partial charge is 0.293 e. The maximum absolute atomic E-state index is 13.5. The zero-order valence-corrected chi connectivity index (χ0v) is 24.8. The van der Waals surface area contributed by atoms with Crippen molar-refractivity contribution in [3.05, 3.63) is 0 Å². The second-order valence-corrected chi connectivity index (χ2v) is 24.7. The van der Waals surface area contributed by atoms with E-state index >= 15 is 0 Å². The lowest BCUT2D eigenvalue weighted by Crippen LogP contribution is -2.45. The summed E-state index contributed by atoms with van der Waals surface area (Å²) in [6.45, 7) is 31.6. The maximum Gasteiger partial charge on any atom is 0.403 e. The van der Waals surface area contributed by atoms with Crippen molar-refractivity contribution < 1.29 is 13.6 Å². The van der Waals surface area contributed by atoms with Crippen molar-refractivity contribution in [3.8, 4) is 0 Å². The van der Waals surface area contributed by atoms with Crippen LogP contribution in [0.3, 0.4) is 0 Å². The molecule has 0 rings (SSSR count).